The minimum atomic E-state index is -0.286. The quantitative estimate of drug-likeness (QED) is 0.839. The van der Waals surface area contributed by atoms with E-state index in [2.05, 4.69) is 19.9 Å². The molecular weight excluding hydrogens is 309 g/mol. The fourth-order valence-corrected chi connectivity index (χ4v) is 2.89. The van der Waals surface area contributed by atoms with Gasteiger partial charge in [0.2, 0.25) is 5.88 Å². The molecular formula is C17H22FN5O. The number of nitrogens with zero attached hydrogens (tertiary/aromatic N) is 5. The Bertz CT molecular complexity index is 688. The molecule has 1 saturated heterocycles. The molecule has 2 aromatic rings. The first-order valence-electron chi connectivity index (χ1n) is 8.33. The molecule has 0 aliphatic carbocycles. The molecule has 0 amide bonds. The molecule has 1 aliphatic rings. The predicted octanol–water partition coefficient (Wildman–Crippen LogP) is 2.57. The summed E-state index contributed by atoms with van der Waals surface area (Å²) in [5.74, 6) is 1.19. The molecule has 0 N–H and O–H groups in total. The van der Waals surface area contributed by atoms with Crippen LogP contribution in [-0.4, -0.2) is 39.6 Å². The van der Waals surface area contributed by atoms with Crippen molar-refractivity contribution in [2.45, 2.75) is 33.1 Å². The van der Waals surface area contributed by atoms with Crippen LogP contribution in [0.15, 0.2) is 18.7 Å². The first kappa shape index (κ1) is 16.5. The van der Waals surface area contributed by atoms with Gasteiger partial charge in [0.05, 0.1) is 12.3 Å². The van der Waals surface area contributed by atoms with Crippen molar-refractivity contribution in [1.82, 2.24) is 19.9 Å². The van der Waals surface area contributed by atoms with Crippen molar-refractivity contribution >= 4 is 5.82 Å². The van der Waals surface area contributed by atoms with Crippen LogP contribution in [0.4, 0.5) is 10.2 Å². The zero-order valence-corrected chi connectivity index (χ0v) is 14.1. The topological polar surface area (TPSA) is 64.0 Å². The van der Waals surface area contributed by atoms with Gasteiger partial charge in [-0.05, 0) is 32.1 Å². The number of aromatic nitrogens is 4. The summed E-state index contributed by atoms with van der Waals surface area (Å²) < 4.78 is 20.1. The maximum Gasteiger partial charge on any atom is 0.216 e. The highest BCUT2D eigenvalue weighted by Gasteiger charge is 2.24. The SMILES string of the molecule is CCc1ncnc(N2CCC(COc3cc(C)ncn3)CC2)c1F. The summed E-state index contributed by atoms with van der Waals surface area (Å²) >= 11 is 0. The summed E-state index contributed by atoms with van der Waals surface area (Å²) in [4.78, 5) is 18.3. The van der Waals surface area contributed by atoms with Gasteiger partial charge in [0.1, 0.15) is 12.7 Å². The third-order valence-corrected chi connectivity index (χ3v) is 4.34. The van der Waals surface area contributed by atoms with Crippen LogP contribution in [-0.2, 0) is 6.42 Å². The summed E-state index contributed by atoms with van der Waals surface area (Å²) in [5, 5.41) is 0. The van der Waals surface area contributed by atoms with E-state index in [1.807, 2.05) is 24.8 Å². The van der Waals surface area contributed by atoms with Crippen molar-refractivity contribution in [3.05, 3.63) is 35.9 Å². The Morgan fingerprint density at radius 1 is 1.17 bits per heavy atom. The Hall–Kier alpha value is -2.31. The highest BCUT2D eigenvalue weighted by atomic mass is 19.1. The minimum absolute atomic E-state index is 0.286. The van der Waals surface area contributed by atoms with Gasteiger partial charge in [0, 0.05) is 24.8 Å². The molecule has 0 unspecified atom stereocenters. The van der Waals surface area contributed by atoms with E-state index in [4.69, 9.17) is 4.74 Å². The molecule has 2 aromatic heterocycles. The van der Waals surface area contributed by atoms with Crippen LogP contribution in [0.1, 0.15) is 31.2 Å². The molecule has 0 saturated carbocycles. The average molecular weight is 331 g/mol. The largest absolute Gasteiger partial charge is 0.477 e. The molecule has 0 radical (unpaired) electrons. The van der Waals surface area contributed by atoms with Crippen molar-refractivity contribution in [3.63, 3.8) is 0 Å². The van der Waals surface area contributed by atoms with Crippen LogP contribution in [0.25, 0.3) is 0 Å². The lowest BCUT2D eigenvalue weighted by Gasteiger charge is -2.32. The van der Waals surface area contributed by atoms with Gasteiger partial charge < -0.3 is 9.64 Å². The molecule has 6 nitrogen and oxygen atoms in total. The first-order chi connectivity index (χ1) is 11.7. The van der Waals surface area contributed by atoms with Gasteiger partial charge in [-0.3, -0.25) is 0 Å². The molecule has 7 heteroatoms. The summed E-state index contributed by atoms with van der Waals surface area (Å²) in [6.07, 6.45) is 5.41. The predicted molar refractivity (Wildman–Crippen MR) is 88.6 cm³/mol. The zero-order valence-electron chi connectivity index (χ0n) is 14.1. The van der Waals surface area contributed by atoms with Crippen molar-refractivity contribution in [2.24, 2.45) is 5.92 Å². The highest BCUT2D eigenvalue weighted by Crippen LogP contribution is 2.25. The molecule has 3 heterocycles. The lowest BCUT2D eigenvalue weighted by molar-refractivity contribution is 0.215. The molecule has 3 rings (SSSR count). The van der Waals surface area contributed by atoms with Gasteiger partial charge in [-0.2, -0.15) is 0 Å². The fourth-order valence-electron chi connectivity index (χ4n) is 2.89. The smallest absolute Gasteiger partial charge is 0.216 e. The molecule has 0 spiro atoms. The molecule has 1 aliphatic heterocycles. The Labute approximate surface area is 141 Å². The second kappa shape index (κ2) is 7.51. The van der Waals surface area contributed by atoms with Gasteiger partial charge in [-0.15, -0.1) is 0 Å². The number of hydrogen-bond acceptors (Lipinski definition) is 6. The summed E-state index contributed by atoms with van der Waals surface area (Å²) in [7, 11) is 0. The minimum Gasteiger partial charge on any atom is -0.477 e. The van der Waals surface area contributed by atoms with E-state index in [1.54, 1.807) is 0 Å². The molecule has 0 bridgehead atoms. The van der Waals surface area contributed by atoms with Crippen LogP contribution in [0.2, 0.25) is 0 Å². The van der Waals surface area contributed by atoms with Gasteiger partial charge in [0.25, 0.3) is 0 Å². The van der Waals surface area contributed by atoms with E-state index < -0.39 is 0 Å². The van der Waals surface area contributed by atoms with Crippen LogP contribution >= 0.6 is 0 Å². The third kappa shape index (κ3) is 3.77. The second-order valence-electron chi connectivity index (χ2n) is 6.05. The van der Waals surface area contributed by atoms with E-state index in [0.29, 0.717) is 36.3 Å². The van der Waals surface area contributed by atoms with Gasteiger partial charge >= 0.3 is 0 Å². The third-order valence-electron chi connectivity index (χ3n) is 4.34. The number of ether oxygens (including phenoxy) is 1. The van der Waals surface area contributed by atoms with E-state index in [1.165, 1.54) is 12.7 Å². The number of hydrogen-bond donors (Lipinski definition) is 0. The van der Waals surface area contributed by atoms with E-state index >= 15 is 0 Å². The van der Waals surface area contributed by atoms with Crippen molar-refractivity contribution in [2.75, 3.05) is 24.6 Å². The summed E-state index contributed by atoms with van der Waals surface area (Å²) in [6.45, 7) is 5.97. The molecule has 128 valence electrons. The molecule has 0 aromatic carbocycles. The number of rotatable bonds is 5. The Balaban J connectivity index is 1.54. The summed E-state index contributed by atoms with van der Waals surface area (Å²) in [6, 6.07) is 1.83. The standard InChI is InChI=1S/C17H22FN5O/c1-3-14-16(18)17(22-11-20-14)23-6-4-13(5-7-23)9-24-15-8-12(2)19-10-21-15/h8,10-11,13H,3-7,9H2,1-2H3. The zero-order chi connectivity index (χ0) is 16.9. The second-order valence-corrected chi connectivity index (χ2v) is 6.05. The normalized spacial score (nSPS) is 15.5. The van der Waals surface area contributed by atoms with Crippen LogP contribution in [0, 0.1) is 18.7 Å². The number of halogens is 1. The summed E-state index contributed by atoms with van der Waals surface area (Å²) in [5.41, 5.74) is 1.37. The molecule has 24 heavy (non-hydrogen) atoms. The van der Waals surface area contributed by atoms with Crippen molar-refractivity contribution in [1.29, 1.82) is 0 Å². The number of aryl methyl sites for hydroxylation is 2. The maximum atomic E-state index is 14.4. The van der Waals surface area contributed by atoms with Crippen LogP contribution in [0.3, 0.4) is 0 Å². The van der Waals surface area contributed by atoms with Crippen molar-refractivity contribution < 1.29 is 9.13 Å². The Morgan fingerprint density at radius 3 is 2.62 bits per heavy atom. The number of anilines is 1. The monoisotopic (exact) mass is 331 g/mol. The van der Waals surface area contributed by atoms with Gasteiger partial charge in [0.15, 0.2) is 11.6 Å². The van der Waals surface area contributed by atoms with Gasteiger partial charge in [-0.1, -0.05) is 6.92 Å². The van der Waals surface area contributed by atoms with E-state index in [0.717, 1.165) is 31.6 Å². The number of piperidine rings is 1. The lowest BCUT2D eigenvalue weighted by atomic mass is 9.98. The average Bonchev–Trinajstić information content (AvgIpc) is 2.61. The van der Waals surface area contributed by atoms with Crippen LogP contribution < -0.4 is 9.64 Å². The Kier molecular flexibility index (Phi) is 5.17. The van der Waals surface area contributed by atoms with E-state index in [9.17, 15) is 4.39 Å². The molecule has 0 atom stereocenters. The van der Waals surface area contributed by atoms with Crippen molar-refractivity contribution in [3.8, 4) is 5.88 Å². The lowest BCUT2D eigenvalue weighted by Crippen LogP contribution is -2.36. The first-order valence-corrected chi connectivity index (χ1v) is 8.33. The van der Waals surface area contributed by atoms with Gasteiger partial charge in [-0.25, -0.2) is 24.3 Å². The van der Waals surface area contributed by atoms with E-state index in [-0.39, 0.29) is 5.82 Å². The maximum absolute atomic E-state index is 14.4. The van der Waals surface area contributed by atoms with Crippen LogP contribution in [0.5, 0.6) is 5.88 Å². The Morgan fingerprint density at radius 2 is 1.92 bits per heavy atom. The highest BCUT2D eigenvalue weighted by molar-refractivity contribution is 5.41. The fraction of sp³-hybridized carbons (Fsp3) is 0.529. The molecule has 1 fully saturated rings.